The van der Waals surface area contributed by atoms with E-state index in [1.165, 1.54) is 11.1 Å². The molecule has 5 heteroatoms. The van der Waals surface area contributed by atoms with Gasteiger partial charge >= 0.3 is 0 Å². The molecular formula is C23H26N2O3. The van der Waals surface area contributed by atoms with Crippen LogP contribution >= 0.6 is 0 Å². The number of hydrogen-bond donors (Lipinski definition) is 0. The summed E-state index contributed by atoms with van der Waals surface area (Å²) in [6.45, 7) is 2.76. The van der Waals surface area contributed by atoms with E-state index in [0.717, 1.165) is 31.6 Å². The predicted molar refractivity (Wildman–Crippen MR) is 107 cm³/mol. The number of fused-ring (bicyclic) bond motifs is 1. The molecule has 0 saturated carbocycles. The molecule has 4 rings (SSSR count). The van der Waals surface area contributed by atoms with Crippen LogP contribution in [0.3, 0.4) is 0 Å². The van der Waals surface area contributed by atoms with Crippen molar-refractivity contribution in [3.63, 3.8) is 0 Å². The molecule has 2 aromatic carbocycles. The van der Waals surface area contributed by atoms with Gasteiger partial charge in [0.05, 0.1) is 7.11 Å². The first-order valence-electron chi connectivity index (χ1n) is 9.94. The van der Waals surface area contributed by atoms with Crippen molar-refractivity contribution >= 4 is 11.8 Å². The normalized spacial score (nSPS) is 17.2. The van der Waals surface area contributed by atoms with E-state index in [4.69, 9.17) is 4.74 Å². The van der Waals surface area contributed by atoms with E-state index in [1.54, 1.807) is 31.4 Å². The lowest BCUT2D eigenvalue weighted by Gasteiger charge is -2.36. The highest BCUT2D eigenvalue weighted by Crippen LogP contribution is 2.25. The maximum atomic E-state index is 13.0. The van der Waals surface area contributed by atoms with Gasteiger partial charge in [0.1, 0.15) is 5.75 Å². The van der Waals surface area contributed by atoms with Crippen LogP contribution in [0.25, 0.3) is 0 Å². The van der Waals surface area contributed by atoms with Gasteiger partial charge in [-0.05, 0) is 54.7 Å². The first-order chi connectivity index (χ1) is 13.7. The van der Waals surface area contributed by atoms with Crippen molar-refractivity contribution in [3.05, 3.63) is 65.2 Å². The molecule has 0 spiro atoms. The van der Waals surface area contributed by atoms with Crippen molar-refractivity contribution in [1.82, 2.24) is 9.80 Å². The van der Waals surface area contributed by atoms with E-state index in [0.29, 0.717) is 25.2 Å². The Morgan fingerprint density at radius 1 is 0.893 bits per heavy atom. The Balaban J connectivity index is 1.33. The molecule has 146 valence electrons. The largest absolute Gasteiger partial charge is 0.497 e. The average molecular weight is 378 g/mol. The van der Waals surface area contributed by atoms with Crippen LogP contribution in [0.4, 0.5) is 0 Å². The summed E-state index contributed by atoms with van der Waals surface area (Å²) in [4.78, 5) is 29.5. The summed E-state index contributed by atoms with van der Waals surface area (Å²) in [5, 5.41) is 0. The molecule has 2 aromatic rings. The van der Waals surface area contributed by atoms with E-state index in [1.807, 2.05) is 15.9 Å². The molecule has 0 aromatic heterocycles. The molecule has 0 atom stereocenters. The number of rotatable bonds is 3. The van der Waals surface area contributed by atoms with Gasteiger partial charge in [-0.2, -0.15) is 0 Å². The average Bonchev–Trinajstić information content (AvgIpc) is 2.78. The van der Waals surface area contributed by atoms with Crippen molar-refractivity contribution in [1.29, 1.82) is 0 Å². The van der Waals surface area contributed by atoms with Crippen LogP contribution in [-0.4, -0.2) is 48.4 Å². The Labute approximate surface area is 165 Å². The van der Waals surface area contributed by atoms with Crippen LogP contribution in [0.2, 0.25) is 0 Å². The first kappa shape index (κ1) is 18.5. The summed E-state index contributed by atoms with van der Waals surface area (Å²) >= 11 is 0. The van der Waals surface area contributed by atoms with Gasteiger partial charge in [0.15, 0.2) is 0 Å². The molecule has 1 fully saturated rings. The fraction of sp³-hybridized carbons (Fsp3) is 0.391. The zero-order valence-corrected chi connectivity index (χ0v) is 16.3. The summed E-state index contributed by atoms with van der Waals surface area (Å²) in [6, 6.07) is 15.6. The fourth-order valence-electron chi connectivity index (χ4n) is 4.19. The van der Waals surface area contributed by atoms with E-state index in [2.05, 4.69) is 18.2 Å². The van der Waals surface area contributed by atoms with Gasteiger partial charge in [-0.1, -0.05) is 24.3 Å². The minimum atomic E-state index is 0.0187. The SMILES string of the molecule is COc1ccc(C(=O)N2CCC(C(=O)N3CCc4ccccc4C3)CC2)cc1. The number of nitrogens with zero attached hydrogens (tertiary/aromatic N) is 2. The Morgan fingerprint density at radius 3 is 2.25 bits per heavy atom. The quantitative estimate of drug-likeness (QED) is 0.825. The molecular weight excluding hydrogens is 352 g/mol. The Morgan fingerprint density at radius 2 is 1.57 bits per heavy atom. The van der Waals surface area contributed by atoms with Crippen LogP contribution in [0, 0.1) is 5.92 Å². The highest BCUT2D eigenvalue weighted by molar-refractivity contribution is 5.94. The van der Waals surface area contributed by atoms with Gasteiger partial charge in [-0.15, -0.1) is 0 Å². The number of carbonyl (C=O) groups is 2. The molecule has 0 unspecified atom stereocenters. The molecule has 28 heavy (non-hydrogen) atoms. The number of carbonyl (C=O) groups excluding carboxylic acids is 2. The number of ether oxygens (including phenoxy) is 1. The number of methoxy groups -OCH3 is 1. The fourth-order valence-corrected chi connectivity index (χ4v) is 4.19. The van der Waals surface area contributed by atoms with Crippen LogP contribution in [0.5, 0.6) is 5.75 Å². The van der Waals surface area contributed by atoms with Crippen LogP contribution in [0.1, 0.15) is 34.3 Å². The lowest BCUT2D eigenvalue weighted by atomic mass is 9.92. The minimum Gasteiger partial charge on any atom is -0.497 e. The third-order valence-electron chi connectivity index (χ3n) is 5.91. The zero-order valence-electron chi connectivity index (χ0n) is 16.3. The van der Waals surface area contributed by atoms with Gasteiger partial charge < -0.3 is 14.5 Å². The van der Waals surface area contributed by atoms with Gasteiger partial charge in [-0.25, -0.2) is 0 Å². The Bertz CT molecular complexity index is 854. The van der Waals surface area contributed by atoms with Gasteiger partial charge in [0.25, 0.3) is 5.91 Å². The number of benzene rings is 2. The molecule has 2 aliphatic heterocycles. The third-order valence-corrected chi connectivity index (χ3v) is 5.91. The third kappa shape index (κ3) is 3.75. The summed E-state index contributed by atoms with van der Waals surface area (Å²) in [7, 11) is 1.61. The summed E-state index contributed by atoms with van der Waals surface area (Å²) in [5.41, 5.74) is 3.28. The molecule has 0 N–H and O–H groups in total. The van der Waals surface area contributed by atoms with Crippen molar-refractivity contribution in [2.45, 2.75) is 25.8 Å². The lowest BCUT2D eigenvalue weighted by molar-refractivity contribution is -0.137. The maximum Gasteiger partial charge on any atom is 0.253 e. The van der Waals surface area contributed by atoms with Crippen LogP contribution in [-0.2, 0) is 17.8 Å². The number of amides is 2. The molecule has 0 radical (unpaired) electrons. The van der Waals surface area contributed by atoms with Crippen molar-refractivity contribution in [2.24, 2.45) is 5.92 Å². The van der Waals surface area contributed by atoms with Crippen molar-refractivity contribution in [3.8, 4) is 5.75 Å². The number of piperidine rings is 1. The Hall–Kier alpha value is -2.82. The summed E-state index contributed by atoms with van der Waals surface area (Å²) in [6.07, 6.45) is 2.40. The van der Waals surface area contributed by atoms with E-state index in [9.17, 15) is 9.59 Å². The molecule has 0 aliphatic carbocycles. The highest BCUT2D eigenvalue weighted by atomic mass is 16.5. The first-order valence-corrected chi connectivity index (χ1v) is 9.94. The molecule has 5 nitrogen and oxygen atoms in total. The molecule has 1 saturated heterocycles. The molecule has 2 heterocycles. The number of hydrogen-bond acceptors (Lipinski definition) is 3. The lowest BCUT2D eigenvalue weighted by Crippen LogP contribution is -2.45. The standard InChI is InChI=1S/C23H26N2O3/c1-28-21-8-6-18(7-9-21)22(26)24-13-11-19(12-14-24)23(27)25-15-10-17-4-2-3-5-20(17)16-25/h2-9,19H,10-16H2,1H3. The van der Waals surface area contributed by atoms with Gasteiger partial charge in [0, 0.05) is 37.7 Å². The van der Waals surface area contributed by atoms with Crippen LogP contribution in [0.15, 0.2) is 48.5 Å². The molecule has 0 bridgehead atoms. The number of likely N-dealkylation sites (tertiary alicyclic amines) is 1. The zero-order chi connectivity index (χ0) is 19.5. The van der Waals surface area contributed by atoms with Gasteiger partial charge in [0.2, 0.25) is 5.91 Å². The predicted octanol–water partition coefficient (Wildman–Crippen LogP) is 3.13. The smallest absolute Gasteiger partial charge is 0.253 e. The maximum absolute atomic E-state index is 13.0. The van der Waals surface area contributed by atoms with E-state index in [-0.39, 0.29) is 17.7 Å². The van der Waals surface area contributed by atoms with E-state index < -0.39 is 0 Å². The Kier molecular flexibility index (Phi) is 5.33. The highest BCUT2D eigenvalue weighted by Gasteiger charge is 2.31. The summed E-state index contributed by atoms with van der Waals surface area (Å²) in [5.74, 6) is 1.03. The van der Waals surface area contributed by atoms with Crippen LogP contribution < -0.4 is 4.74 Å². The summed E-state index contributed by atoms with van der Waals surface area (Å²) < 4.78 is 5.15. The molecule has 2 amide bonds. The van der Waals surface area contributed by atoms with Gasteiger partial charge in [-0.3, -0.25) is 9.59 Å². The second-order valence-corrected chi connectivity index (χ2v) is 7.57. The minimum absolute atomic E-state index is 0.0187. The molecule has 2 aliphatic rings. The second kappa shape index (κ2) is 8.05. The van der Waals surface area contributed by atoms with Crippen molar-refractivity contribution in [2.75, 3.05) is 26.7 Å². The van der Waals surface area contributed by atoms with Crippen molar-refractivity contribution < 1.29 is 14.3 Å². The topological polar surface area (TPSA) is 49.9 Å². The monoisotopic (exact) mass is 378 g/mol. The van der Waals surface area contributed by atoms with E-state index >= 15 is 0 Å². The second-order valence-electron chi connectivity index (χ2n) is 7.57.